The van der Waals surface area contributed by atoms with Gasteiger partial charge in [0, 0.05) is 29.5 Å². The lowest BCUT2D eigenvalue weighted by molar-refractivity contribution is -0.385. The number of nitro benzene ring substituents is 1. The molecule has 0 atom stereocenters. The summed E-state index contributed by atoms with van der Waals surface area (Å²) < 4.78 is 33.6. The molecule has 0 fully saturated rings. The number of carbonyl (C=O) groups is 2. The van der Waals surface area contributed by atoms with E-state index in [0.717, 1.165) is 24.5 Å². The van der Waals surface area contributed by atoms with Gasteiger partial charge in [-0.2, -0.15) is 0 Å². The van der Waals surface area contributed by atoms with E-state index in [1.165, 1.54) is 18.2 Å². The number of non-ortho nitro benzene ring substituents is 1. The number of fused-ring (bicyclic) bond motifs is 1. The molecule has 2 amide bonds. The number of ether oxygens (including phenoxy) is 2. The molecule has 2 aromatic rings. The number of carbonyl (C=O) groups excluding carboxylic acids is 2. The summed E-state index contributed by atoms with van der Waals surface area (Å²) in [5.41, 5.74) is 3.51. The minimum absolute atomic E-state index is 0.0343. The van der Waals surface area contributed by atoms with Crippen molar-refractivity contribution in [3.05, 3.63) is 57.6 Å². The lowest BCUT2D eigenvalue weighted by atomic mass is 10.2. The molecule has 2 aromatic carbocycles. The SMILES string of the molecule is CS(=O)(=O)c1cc(C(=O)NNC(=O)c2ccc3c(c2)OCO3)cc([N+](=O)[O-])c1. The summed E-state index contributed by atoms with van der Waals surface area (Å²) in [4.78, 5) is 34.2. The van der Waals surface area contributed by atoms with Gasteiger partial charge in [0.1, 0.15) is 0 Å². The van der Waals surface area contributed by atoms with E-state index in [0.29, 0.717) is 11.5 Å². The zero-order valence-corrected chi connectivity index (χ0v) is 15.1. The first-order valence-corrected chi connectivity index (χ1v) is 9.54. The monoisotopic (exact) mass is 407 g/mol. The lowest BCUT2D eigenvalue weighted by Crippen LogP contribution is -2.41. The quantitative estimate of drug-likeness (QED) is 0.557. The number of benzene rings is 2. The number of amides is 2. The first-order valence-electron chi connectivity index (χ1n) is 7.65. The molecular formula is C16H13N3O8S. The predicted octanol–water partition coefficient (Wildman–Crippen LogP) is 0.802. The lowest BCUT2D eigenvalue weighted by Gasteiger charge is -2.09. The highest BCUT2D eigenvalue weighted by Crippen LogP contribution is 2.32. The number of nitrogens with one attached hydrogen (secondary N) is 2. The largest absolute Gasteiger partial charge is 0.454 e. The normalized spacial score (nSPS) is 12.3. The molecule has 146 valence electrons. The molecule has 1 aliphatic heterocycles. The van der Waals surface area contributed by atoms with Gasteiger partial charge in [0.05, 0.1) is 9.82 Å². The standard InChI is InChI=1S/C16H13N3O8S/c1-28(24,25)12-5-10(4-11(7-12)19(22)23)16(21)18-17-15(20)9-2-3-13-14(6-9)27-8-26-13/h2-7H,8H2,1H3,(H,17,20)(H,18,21). The maximum atomic E-state index is 12.2. The Morgan fingerprint density at radius 1 is 1.00 bits per heavy atom. The van der Waals surface area contributed by atoms with E-state index in [4.69, 9.17) is 9.47 Å². The molecule has 0 saturated carbocycles. The van der Waals surface area contributed by atoms with Crippen LogP contribution in [0.4, 0.5) is 5.69 Å². The molecule has 0 aliphatic carbocycles. The van der Waals surface area contributed by atoms with Crippen molar-refractivity contribution in [1.29, 1.82) is 0 Å². The van der Waals surface area contributed by atoms with Crippen LogP contribution in [-0.4, -0.2) is 38.2 Å². The number of nitro groups is 1. The summed E-state index contributed by atoms with van der Waals surface area (Å²) in [7, 11) is -3.79. The second-order valence-electron chi connectivity index (χ2n) is 5.72. The summed E-state index contributed by atoms with van der Waals surface area (Å²) in [6, 6.07) is 7.11. The first kappa shape index (κ1) is 19.1. The Kier molecular flexibility index (Phi) is 4.88. The van der Waals surface area contributed by atoms with Gasteiger partial charge in [0.25, 0.3) is 17.5 Å². The van der Waals surface area contributed by atoms with Gasteiger partial charge in [-0.3, -0.25) is 30.6 Å². The van der Waals surface area contributed by atoms with Crippen LogP contribution in [0.5, 0.6) is 11.5 Å². The average Bonchev–Trinajstić information content (AvgIpc) is 3.12. The fourth-order valence-corrected chi connectivity index (χ4v) is 3.01. The Morgan fingerprint density at radius 2 is 1.64 bits per heavy atom. The molecule has 12 heteroatoms. The fourth-order valence-electron chi connectivity index (χ4n) is 2.33. The van der Waals surface area contributed by atoms with Crippen LogP contribution < -0.4 is 20.3 Å². The van der Waals surface area contributed by atoms with E-state index in [1.807, 2.05) is 0 Å². The molecule has 0 radical (unpaired) electrons. The van der Waals surface area contributed by atoms with Crippen LogP contribution in [0.25, 0.3) is 0 Å². The summed E-state index contributed by atoms with van der Waals surface area (Å²) in [6.45, 7) is 0.0343. The number of hydrazine groups is 1. The summed E-state index contributed by atoms with van der Waals surface area (Å²) in [5, 5.41) is 11.0. The van der Waals surface area contributed by atoms with Crippen molar-refractivity contribution in [2.45, 2.75) is 4.90 Å². The average molecular weight is 407 g/mol. The van der Waals surface area contributed by atoms with Crippen LogP contribution in [-0.2, 0) is 9.84 Å². The minimum Gasteiger partial charge on any atom is -0.454 e. The molecule has 0 aromatic heterocycles. The Hall–Kier alpha value is -3.67. The van der Waals surface area contributed by atoms with Crippen molar-refractivity contribution in [1.82, 2.24) is 10.9 Å². The third kappa shape index (κ3) is 4.01. The third-order valence-corrected chi connectivity index (χ3v) is 4.81. The van der Waals surface area contributed by atoms with Crippen molar-refractivity contribution in [2.75, 3.05) is 13.0 Å². The van der Waals surface area contributed by atoms with E-state index in [2.05, 4.69) is 10.9 Å². The summed E-state index contributed by atoms with van der Waals surface area (Å²) in [5.74, 6) is -0.760. The van der Waals surface area contributed by atoms with Crippen LogP contribution in [0.15, 0.2) is 41.3 Å². The molecule has 2 N–H and O–H groups in total. The highest BCUT2D eigenvalue weighted by atomic mass is 32.2. The first-order chi connectivity index (χ1) is 13.1. The number of sulfone groups is 1. The van der Waals surface area contributed by atoms with Crippen LogP contribution >= 0.6 is 0 Å². The summed E-state index contributed by atoms with van der Waals surface area (Å²) in [6.07, 6.45) is 0.856. The second kappa shape index (κ2) is 7.15. The van der Waals surface area contributed by atoms with Crippen molar-refractivity contribution in [3.63, 3.8) is 0 Å². The van der Waals surface area contributed by atoms with Crippen LogP contribution in [0.2, 0.25) is 0 Å². The Balaban J connectivity index is 1.76. The fraction of sp³-hybridized carbons (Fsp3) is 0.125. The smallest absolute Gasteiger partial charge is 0.271 e. The highest BCUT2D eigenvalue weighted by molar-refractivity contribution is 7.90. The van der Waals surface area contributed by atoms with Gasteiger partial charge in [-0.05, 0) is 24.3 Å². The van der Waals surface area contributed by atoms with Gasteiger partial charge in [-0.15, -0.1) is 0 Å². The number of hydrogen-bond acceptors (Lipinski definition) is 8. The van der Waals surface area contributed by atoms with E-state index >= 15 is 0 Å². The van der Waals surface area contributed by atoms with Crippen LogP contribution in [0, 0.1) is 10.1 Å². The van der Waals surface area contributed by atoms with Crippen molar-refractivity contribution < 1.29 is 32.4 Å². The van der Waals surface area contributed by atoms with E-state index in [9.17, 15) is 28.1 Å². The molecule has 11 nitrogen and oxygen atoms in total. The Labute approximate surface area is 158 Å². The van der Waals surface area contributed by atoms with Crippen molar-refractivity contribution in [2.24, 2.45) is 0 Å². The van der Waals surface area contributed by atoms with Crippen molar-refractivity contribution >= 4 is 27.3 Å². The van der Waals surface area contributed by atoms with Crippen LogP contribution in [0.3, 0.4) is 0 Å². The van der Waals surface area contributed by atoms with Gasteiger partial charge in [-0.1, -0.05) is 0 Å². The molecule has 1 heterocycles. The topological polar surface area (TPSA) is 154 Å². The van der Waals surface area contributed by atoms with E-state index in [-0.39, 0.29) is 17.9 Å². The highest BCUT2D eigenvalue weighted by Gasteiger charge is 2.20. The van der Waals surface area contributed by atoms with Gasteiger partial charge < -0.3 is 9.47 Å². The van der Waals surface area contributed by atoms with Crippen LogP contribution in [0.1, 0.15) is 20.7 Å². The number of hydrogen-bond donors (Lipinski definition) is 2. The van der Waals surface area contributed by atoms with Gasteiger partial charge >= 0.3 is 0 Å². The van der Waals surface area contributed by atoms with Gasteiger partial charge in [0.2, 0.25) is 6.79 Å². The molecular weight excluding hydrogens is 394 g/mol. The molecule has 0 unspecified atom stereocenters. The Morgan fingerprint density at radius 3 is 2.29 bits per heavy atom. The molecule has 1 aliphatic rings. The maximum Gasteiger partial charge on any atom is 0.271 e. The Bertz CT molecular complexity index is 1100. The van der Waals surface area contributed by atoms with E-state index in [1.54, 1.807) is 0 Å². The predicted molar refractivity (Wildman–Crippen MR) is 93.7 cm³/mol. The molecule has 28 heavy (non-hydrogen) atoms. The number of rotatable bonds is 4. The summed E-state index contributed by atoms with van der Waals surface area (Å²) >= 11 is 0. The molecule has 0 spiro atoms. The zero-order valence-electron chi connectivity index (χ0n) is 14.3. The molecule has 0 bridgehead atoms. The van der Waals surface area contributed by atoms with E-state index < -0.39 is 37.2 Å². The zero-order chi connectivity index (χ0) is 20.5. The maximum absolute atomic E-state index is 12.2. The minimum atomic E-state index is -3.79. The van der Waals surface area contributed by atoms with Gasteiger partial charge in [-0.25, -0.2) is 8.42 Å². The van der Waals surface area contributed by atoms with Gasteiger partial charge in [0.15, 0.2) is 21.3 Å². The molecule has 3 rings (SSSR count). The number of nitrogens with zero attached hydrogens (tertiary/aromatic N) is 1. The molecule has 0 saturated heterocycles. The second-order valence-corrected chi connectivity index (χ2v) is 7.74. The van der Waals surface area contributed by atoms with Crippen molar-refractivity contribution in [3.8, 4) is 11.5 Å². The third-order valence-electron chi connectivity index (χ3n) is 3.72.